The number of fused-ring (bicyclic) bond motifs is 1. The number of anilines is 1. The lowest BCUT2D eigenvalue weighted by atomic mass is 10.2. The summed E-state index contributed by atoms with van der Waals surface area (Å²) in [6.07, 6.45) is 3.48. The molecule has 0 aliphatic carbocycles. The van der Waals surface area contributed by atoms with Crippen LogP contribution in [0.25, 0.3) is 10.9 Å². The van der Waals surface area contributed by atoms with Gasteiger partial charge in [-0.15, -0.1) is 0 Å². The quantitative estimate of drug-likeness (QED) is 0.859. The van der Waals surface area contributed by atoms with E-state index in [4.69, 9.17) is 4.74 Å². The average molecular weight is 261 g/mol. The summed E-state index contributed by atoms with van der Waals surface area (Å²) in [4.78, 5) is 16.1. The van der Waals surface area contributed by atoms with E-state index in [-0.39, 0.29) is 5.97 Å². The second kappa shape index (κ2) is 5.30. The lowest BCUT2D eigenvalue weighted by Crippen LogP contribution is -2.10. The Labute approximate surface area is 112 Å². The highest BCUT2D eigenvalue weighted by molar-refractivity contribution is 6.06. The zero-order chi connectivity index (χ0) is 14.0. The summed E-state index contributed by atoms with van der Waals surface area (Å²) < 4.78 is 6.70. The molecule has 102 valence electrons. The molecular formula is C14H19N3O2. The number of methoxy groups -OCH3 is 1. The molecule has 1 N–H and O–H groups in total. The lowest BCUT2D eigenvalue weighted by Gasteiger charge is -2.10. The van der Waals surface area contributed by atoms with Crippen molar-refractivity contribution in [2.45, 2.75) is 13.8 Å². The molecular weight excluding hydrogens is 242 g/mol. The number of ether oxygens (including phenoxy) is 1. The van der Waals surface area contributed by atoms with Gasteiger partial charge in [-0.1, -0.05) is 13.8 Å². The topological polar surface area (TPSA) is 56.1 Å². The molecule has 0 spiro atoms. The van der Waals surface area contributed by atoms with Crippen molar-refractivity contribution in [3.63, 3.8) is 0 Å². The van der Waals surface area contributed by atoms with Crippen molar-refractivity contribution in [3.8, 4) is 0 Å². The highest BCUT2D eigenvalue weighted by atomic mass is 16.5. The molecule has 0 amide bonds. The first kappa shape index (κ1) is 13.4. The number of rotatable bonds is 4. The zero-order valence-electron chi connectivity index (χ0n) is 11.7. The molecule has 0 saturated heterocycles. The van der Waals surface area contributed by atoms with Crippen LogP contribution in [0.4, 0.5) is 5.82 Å². The van der Waals surface area contributed by atoms with Crippen molar-refractivity contribution in [2.75, 3.05) is 19.0 Å². The lowest BCUT2D eigenvalue weighted by molar-refractivity contribution is 0.0603. The van der Waals surface area contributed by atoms with Crippen LogP contribution in [0.15, 0.2) is 18.5 Å². The molecule has 0 bridgehead atoms. The molecule has 0 unspecified atom stereocenters. The maximum Gasteiger partial charge on any atom is 0.340 e. The maximum absolute atomic E-state index is 11.7. The predicted octanol–water partition coefficient (Wildman–Crippen LogP) is 2.43. The van der Waals surface area contributed by atoms with Gasteiger partial charge in [0.25, 0.3) is 0 Å². The number of hydrogen-bond acceptors (Lipinski definition) is 4. The summed E-state index contributed by atoms with van der Waals surface area (Å²) in [6, 6.07) is 1.84. The average Bonchev–Trinajstić information content (AvgIpc) is 2.73. The van der Waals surface area contributed by atoms with E-state index in [9.17, 15) is 4.79 Å². The number of hydrogen-bond donors (Lipinski definition) is 1. The molecule has 0 aliphatic rings. The van der Waals surface area contributed by atoms with Gasteiger partial charge in [-0.05, 0) is 12.0 Å². The van der Waals surface area contributed by atoms with Crippen molar-refractivity contribution in [3.05, 3.63) is 24.0 Å². The molecule has 0 fully saturated rings. The minimum atomic E-state index is -0.327. The summed E-state index contributed by atoms with van der Waals surface area (Å²) in [5.41, 5.74) is 1.48. The molecule has 19 heavy (non-hydrogen) atoms. The Morgan fingerprint density at radius 3 is 2.89 bits per heavy atom. The fourth-order valence-electron chi connectivity index (χ4n) is 2.06. The second-order valence-electron chi connectivity index (χ2n) is 4.98. The van der Waals surface area contributed by atoms with E-state index in [0.717, 1.165) is 23.3 Å². The summed E-state index contributed by atoms with van der Waals surface area (Å²) >= 11 is 0. The molecule has 2 aromatic heterocycles. The van der Waals surface area contributed by atoms with E-state index in [2.05, 4.69) is 24.1 Å². The van der Waals surface area contributed by atoms with Gasteiger partial charge in [0.15, 0.2) is 5.82 Å². The van der Waals surface area contributed by atoms with Gasteiger partial charge in [-0.3, -0.25) is 0 Å². The largest absolute Gasteiger partial charge is 0.465 e. The van der Waals surface area contributed by atoms with Crippen molar-refractivity contribution < 1.29 is 9.53 Å². The molecule has 0 atom stereocenters. The van der Waals surface area contributed by atoms with E-state index in [0.29, 0.717) is 11.5 Å². The standard InChI is InChI=1S/C14H19N3O2/c1-9(2)7-16-13-12-10(5-6-15-13)11(8-17(12)3)14(18)19-4/h5-6,8-9H,7H2,1-4H3,(H,15,16). The van der Waals surface area contributed by atoms with E-state index in [1.54, 1.807) is 12.4 Å². The SMILES string of the molecule is COC(=O)c1cn(C)c2c(NCC(C)C)nccc12. The molecule has 0 aromatic carbocycles. The number of carbonyl (C=O) groups excluding carboxylic acids is 1. The van der Waals surface area contributed by atoms with Gasteiger partial charge in [0.2, 0.25) is 0 Å². The fraction of sp³-hybridized carbons (Fsp3) is 0.429. The van der Waals surface area contributed by atoms with E-state index < -0.39 is 0 Å². The first-order chi connectivity index (χ1) is 9.04. The molecule has 5 nitrogen and oxygen atoms in total. The van der Waals surface area contributed by atoms with Crippen molar-refractivity contribution >= 4 is 22.7 Å². The Morgan fingerprint density at radius 2 is 2.26 bits per heavy atom. The number of carbonyl (C=O) groups is 1. The van der Waals surface area contributed by atoms with E-state index in [1.165, 1.54) is 7.11 Å². The van der Waals surface area contributed by atoms with E-state index >= 15 is 0 Å². The third kappa shape index (κ3) is 2.54. The molecule has 2 heterocycles. The Bertz CT molecular complexity index is 602. The third-order valence-electron chi connectivity index (χ3n) is 2.97. The molecule has 2 aromatic rings. The fourth-order valence-corrected chi connectivity index (χ4v) is 2.06. The molecule has 0 aliphatic heterocycles. The highest BCUT2D eigenvalue weighted by Gasteiger charge is 2.17. The van der Waals surface area contributed by atoms with Gasteiger partial charge in [0, 0.05) is 31.4 Å². The van der Waals surface area contributed by atoms with Gasteiger partial charge < -0.3 is 14.6 Å². The Balaban J connectivity index is 2.50. The first-order valence-electron chi connectivity index (χ1n) is 6.30. The normalized spacial score (nSPS) is 11.0. The van der Waals surface area contributed by atoms with Gasteiger partial charge in [-0.2, -0.15) is 0 Å². The molecule has 0 saturated carbocycles. The van der Waals surface area contributed by atoms with Crippen LogP contribution in [-0.2, 0) is 11.8 Å². The van der Waals surface area contributed by atoms with Crippen molar-refractivity contribution in [1.82, 2.24) is 9.55 Å². The highest BCUT2D eigenvalue weighted by Crippen LogP contribution is 2.26. The molecule has 0 radical (unpaired) electrons. The van der Waals surface area contributed by atoms with Crippen LogP contribution in [0.2, 0.25) is 0 Å². The van der Waals surface area contributed by atoms with Crippen LogP contribution < -0.4 is 5.32 Å². The Hall–Kier alpha value is -2.04. The van der Waals surface area contributed by atoms with Gasteiger partial charge >= 0.3 is 5.97 Å². The van der Waals surface area contributed by atoms with Gasteiger partial charge in [0.05, 0.1) is 18.2 Å². The molecule has 5 heteroatoms. The smallest absolute Gasteiger partial charge is 0.340 e. The van der Waals surface area contributed by atoms with Crippen LogP contribution in [0.1, 0.15) is 24.2 Å². The minimum absolute atomic E-state index is 0.327. The van der Waals surface area contributed by atoms with Crippen LogP contribution in [0.3, 0.4) is 0 Å². The first-order valence-corrected chi connectivity index (χ1v) is 6.30. The minimum Gasteiger partial charge on any atom is -0.465 e. The summed E-state index contributed by atoms with van der Waals surface area (Å²) in [5.74, 6) is 0.993. The number of pyridine rings is 1. The number of nitrogens with one attached hydrogen (secondary N) is 1. The van der Waals surface area contributed by atoms with Crippen molar-refractivity contribution in [2.24, 2.45) is 13.0 Å². The summed E-state index contributed by atoms with van der Waals surface area (Å²) in [6.45, 7) is 5.11. The number of aromatic nitrogens is 2. The van der Waals surface area contributed by atoms with Gasteiger partial charge in [0.1, 0.15) is 0 Å². The number of nitrogens with zero attached hydrogens (tertiary/aromatic N) is 2. The van der Waals surface area contributed by atoms with Crippen LogP contribution in [-0.4, -0.2) is 29.2 Å². The second-order valence-corrected chi connectivity index (χ2v) is 4.98. The monoisotopic (exact) mass is 261 g/mol. The van der Waals surface area contributed by atoms with E-state index in [1.807, 2.05) is 17.7 Å². The van der Waals surface area contributed by atoms with Crippen LogP contribution in [0.5, 0.6) is 0 Å². The number of aryl methyl sites for hydroxylation is 1. The Morgan fingerprint density at radius 1 is 1.53 bits per heavy atom. The van der Waals surface area contributed by atoms with Crippen LogP contribution >= 0.6 is 0 Å². The predicted molar refractivity (Wildman–Crippen MR) is 75.4 cm³/mol. The maximum atomic E-state index is 11.7. The van der Waals surface area contributed by atoms with Gasteiger partial charge in [-0.25, -0.2) is 9.78 Å². The number of esters is 1. The molecule has 2 rings (SSSR count). The third-order valence-corrected chi connectivity index (χ3v) is 2.97. The van der Waals surface area contributed by atoms with Crippen molar-refractivity contribution in [1.29, 1.82) is 0 Å². The summed E-state index contributed by atoms with van der Waals surface area (Å²) in [7, 11) is 3.29. The summed E-state index contributed by atoms with van der Waals surface area (Å²) in [5, 5.41) is 4.17. The van der Waals surface area contributed by atoms with Crippen LogP contribution in [0, 0.1) is 5.92 Å². The zero-order valence-corrected chi connectivity index (χ0v) is 11.7. The Kier molecular flexibility index (Phi) is 3.74.